The van der Waals surface area contributed by atoms with Gasteiger partial charge in [-0.3, -0.25) is 19.1 Å². The highest BCUT2D eigenvalue weighted by Crippen LogP contribution is 2.32. The third kappa shape index (κ3) is 4.10. The second-order valence-electron chi connectivity index (χ2n) is 7.42. The highest BCUT2D eigenvalue weighted by atomic mass is 19.1. The quantitative estimate of drug-likeness (QED) is 0.475. The van der Waals surface area contributed by atoms with Gasteiger partial charge < -0.3 is 10.1 Å². The van der Waals surface area contributed by atoms with Gasteiger partial charge in [-0.05, 0) is 55.0 Å². The van der Waals surface area contributed by atoms with E-state index in [0.29, 0.717) is 33.7 Å². The van der Waals surface area contributed by atoms with Gasteiger partial charge in [-0.15, -0.1) is 0 Å². The molecule has 2 aromatic heterocycles. The van der Waals surface area contributed by atoms with Crippen molar-refractivity contribution in [2.45, 2.75) is 13.8 Å². The molecule has 2 aromatic carbocycles. The number of halogens is 1. The Morgan fingerprint density at radius 3 is 2.30 bits per heavy atom. The zero-order chi connectivity index (χ0) is 23.7. The number of amides is 1. The minimum Gasteiger partial charge on any atom is -0.465 e. The van der Waals surface area contributed by atoms with Gasteiger partial charge in [0.1, 0.15) is 5.82 Å². The third-order valence-electron chi connectivity index (χ3n) is 5.21. The standard InChI is InChI=1S/C25H20FN3O4/c1-14-21(25(32)33-3)22(16-4-6-17(26)7-5-16)23-20(27-14)12-13-29(24(23)31)19-10-8-18(9-11-19)28-15(2)30/h4-13H,1-3H3,(H,28,30). The number of aromatic nitrogens is 2. The van der Waals surface area contributed by atoms with E-state index >= 15 is 0 Å². The van der Waals surface area contributed by atoms with Crippen molar-refractivity contribution in [1.82, 2.24) is 9.55 Å². The van der Waals surface area contributed by atoms with Crippen LogP contribution in [0.4, 0.5) is 10.1 Å². The van der Waals surface area contributed by atoms with Crippen molar-refractivity contribution < 1.29 is 18.7 Å². The highest BCUT2D eigenvalue weighted by molar-refractivity contribution is 6.07. The van der Waals surface area contributed by atoms with Crippen molar-refractivity contribution in [3.8, 4) is 16.8 Å². The van der Waals surface area contributed by atoms with Crippen LogP contribution in [-0.4, -0.2) is 28.5 Å². The van der Waals surface area contributed by atoms with Crippen LogP contribution in [-0.2, 0) is 9.53 Å². The van der Waals surface area contributed by atoms with E-state index < -0.39 is 17.3 Å². The molecule has 0 atom stereocenters. The molecule has 4 rings (SSSR count). The number of benzene rings is 2. The molecule has 1 N–H and O–H groups in total. The van der Waals surface area contributed by atoms with Gasteiger partial charge in [-0.1, -0.05) is 12.1 Å². The molecule has 2 heterocycles. The largest absolute Gasteiger partial charge is 0.465 e. The Morgan fingerprint density at radius 1 is 1.03 bits per heavy atom. The molecule has 0 bridgehead atoms. The Balaban J connectivity index is 2.02. The molecule has 166 valence electrons. The van der Waals surface area contributed by atoms with E-state index in [1.54, 1.807) is 43.5 Å². The number of esters is 1. The molecule has 0 spiro atoms. The van der Waals surface area contributed by atoms with E-state index in [9.17, 15) is 18.8 Å². The summed E-state index contributed by atoms with van der Waals surface area (Å²) in [6.07, 6.45) is 1.59. The molecule has 0 aliphatic heterocycles. The summed E-state index contributed by atoms with van der Waals surface area (Å²) in [5, 5.41) is 2.89. The number of ether oxygens (including phenoxy) is 1. The summed E-state index contributed by atoms with van der Waals surface area (Å²) in [5.41, 5.74) is 2.51. The maximum atomic E-state index is 13.7. The van der Waals surface area contributed by atoms with E-state index in [-0.39, 0.29) is 16.9 Å². The molecule has 1 amide bonds. The topological polar surface area (TPSA) is 90.3 Å². The van der Waals surface area contributed by atoms with E-state index in [1.165, 1.54) is 42.9 Å². The summed E-state index contributed by atoms with van der Waals surface area (Å²) in [6.45, 7) is 3.07. The van der Waals surface area contributed by atoms with Crippen LogP contribution in [0.2, 0.25) is 0 Å². The fraction of sp³-hybridized carbons (Fsp3) is 0.120. The van der Waals surface area contributed by atoms with Gasteiger partial charge in [-0.25, -0.2) is 9.18 Å². The van der Waals surface area contributed by atoms with Crippen molar-refractivity contribution in [2.24, 2.45) is 0 Å². The smallest absolute Gasteiger partial charge is 0.340 e. The van der Waals surface area contributed by atoms with Gasteiger partial charge in [0.05, 0.1) is 29.3 Å². The number of rotatable bonds is 4. The summed E-state index contributed by atoms with van der Waals surface area (Å²) < 4.78 is 20.0. The van der Waals surface area contributed by atoms with E-state index in [1.807, 2.05) is 0 Å². The number of hydrogen-bond donors (Lipinski definition) is 1. The first-order valence-corrected chi connectivity index (χ1v) is 10.1. The second-order valence-corrected chi connectivity index (χ2v) is 7.42. The van der Waals surface area contributed by atoms with Gasteiger partial charge in [0.15, 0.2) is 0 Å². The van der Waals surface area contributed by atoms with Gasteiger partial charge in [0.2, 0.25) is 5.91 Å². The van der Waals surface area contributed by atoms with E-state index in [4.69, 9.17) is 4.74 Å². The molecule has 8 heteroatoms. The average Bonchev–Trinajstić information content (AvgIpc) is 2.79. The molecule has 7 nitrogen and oxygen atoms in total. The van der Waals surface area contributed by atoms with Crippen LogP contribution in [0, 0.1) is 12.7 Å². The zero-order valence-corrected chi connectivity index (χ0v) is 18.2. The Bertz CT molecular complexity index is 1440. The lowest BCUT2D eigenvalue weighted by atomic mass is 9.95. The summed E-state index contributed by atoms with van der Waals surface area (Å²) in [5.74, 6) is -1.29. The number of pyridine rings is 2. The minimum absolute atomic E-state index is 0.146. The fourth-order valence-corrected chi connectivity index (χ4v) is 3.77. The first kappa shape index (κ1) is 21.9. The van der Waals surface area contributed by atoms with Crippen LogP contribution in [0.3, 0.4) is 0 Å². The Labute approximate surface area is 188 Å². The molecule has 0 saturated carbocycles. The van der Waals surface area contributed by atoms with Crippen LogP contribution < -0.4 is 10.9 Å². The van der Waals surface area contributed by atoms with Gasteiger partial charge in [0.25, 0.3) is 5.56 Å². The zero-order valence-electron chi connectivity index (χ0n) is 18.2. The summed E-state index contributed by atoms with van der Waals surface area (Å²) in [7, 11) is 1.25. The highest BCUT2D eigenvalue weighted by Gasteiger charge is 2.23. The molecule has 4 aromatic rings. The number of hydrogen-bond acceptors (Lipinski definition) is 5. The lowest BCUT2D eigenvalue weighted by molar-refractivity contribution is -0.114. The van der Waals surface area contributed by atoms with Gasteiger partial charge in [0, 0.05) is 30.1 Å². The summed E-state index contributed by atoms with van der Waals surface area (Å²) >= 11 is 0. The molecule has 0 radical (unpaired) electrons. The summed E-state index contributed by atoms with van der Waals surface area (Å²) in [4.78, 5) is 42.0. The first-order valence-electron chi connectivity index (χ1n) is 10.1. The molecular formula is C25H20FN3O4. The number of nitrogens with one attached hydrogen (secondary N) is 1. The van der Waals surface area contributed by atoms with Crippen molar-refractivity contribution in [2.75, 3.05) is 12.4 Å². The van der Waals surface area contributed by atoms with Crippen molar-refractivity contribution >= 4 is 28.5 Å². The van der Waals surface area contributed by atoms with Crippen LogP contribution in [0.25, 0.3) is 27.7 Å². The van der Waals surface area contributed by atoms with Crippen molar-refractivity contribution in [3.05, 3.63) is 88.2 Å². The predicted molar refractivity (Wildman–Crippen MR) is 123 cm³/mol. The van der Waals surface area contributed by atoms with Gasteiger partial charge >= 0.3 is 5.97 Å². The fourth-order valence-electron chi connectivity index (χ4n) is 3.77. The molecule has 0 unspecified atom stereocenters. The number of anilines is 1. The number of fused-ring (bicyclic) bond motifs is 1. The number of carbonyl (C=O) groups is 2. The molecular weight excluding hydrogens is 425 g/mol. The van der Waals surface area contributed by atoms with Crippen LogP contribution in [0.1, 0.15) is 23.0 Å². The Kier molecular flexibility index (Phi) is 5.74. The van der Waals surface area contributed by atoms with Crippen LogP contribution >= 0.6 is 0 Å². The molecule has 0 saturated heterocycles. The maximum absolute atomic E-state index is 13.7. The lowest BCUT2D eigenvalue weighted by Gasteiger charge is -2.16. The predicted octanol–water partition coefficient (Wildman–Crippen LogP) is 4.25. The number of carbonyl (C=O) groups excluding carboxylic acids is 2. The number of methoxy groups -OCH3 is 1. The monoisotopic (exact) mass is 445 g/mol. The van der Waals surface area contributed by atoms with Crippen LogP contribution in [0.15, 0.2) is 65.6 Å². The normalized spacial score (nSPS) is 10.8. The Morgan fingerprint density at radius 2 is 1.70 bits per heavy atom. The van der Waals surface area contributed by atoms with E-state index in [2.05, 4.69) is 10.3 Å². The van der Waals surface area contributed by atoms with Crippen molar-refractivity contribution in [3.63, 3.8) is 0 Å². The lowest BCUT2D eigenvalue weighted by Crippen LogP contribution is -2.21. The SMILES string of the molecule is COC(=O)c1c(C)nc2ccn(-c3ccc(NC(C)=O)cc3)c(=O)c2c1-c1ccc(F)cc1. The molecule has 0 aliphatic carbocycles. The molecule has 33 heavy (non-hydrogen) atoms. The number of nitrogens with zero attached hydrogens (tertiary/aromatic N) is 2. The van der Waals surface area contributed by atoms with Gasteiger partial charge in [-0.2, -0.15) is 0 Å². The Hall–Kier alpha value is -4.33. The summed E-state index contributed by atoms with van der Waals surface area (Å²) in [6, 6.07) is 14.0. The third-order valence-corrected chi connectivity index (χ3v) is 5.21. The average molecular weight is 445 g/mol. The second kappa shape index (κ2) is 8.66. The minimum atomic E-state index is -0.643. The number of aryl methyl sites for hydroxylation is 1. The maximum Gasteiger partial charge on any atom is 0.340 e. The van der Waals surface area contributed by atoms with Crippen LogP contribution in [0.5, 0.6) is 0 Å². The molecule has 0 aliphatic rings. The van der Waals surface area contributed by atoms with Crippen molar-refractivity contribution in [1.29, 1.82) is 0 Å². The first-order chi connectivity index (χ1) is 15.8. The molecule has 0 fully saturated rings. The van der Waals surface area contributed by atoms with E-state index in [0.717, 1.165) is 0 Å².